The number of anilines is 1. The average Bonchev–Trinajstić information content (AvgIpc) is 2.77. The van der Waals surface area contributed by atoms with E-state index < -0.39 is 6.10 Å². The van der Waals surface area contributed by atoms with E-state index in [1.54, 1.807) is 20.0 Å². The zero-order valence-corrected chi connectivity index (χ0v) is 18.3. The molecule has 0 spiro atoms. The summed E-state index contributed by atoms with van der Waals surface area (Å²) in [5.74, 6) is 0.515. The Morgan fingerprint density at radius 1 is 1.13 bits per heavy atom. The first-order valence-electron chi connectivity index (χ1n) is 10.5. The summed E-state index contributed by atoms with van der Waals surface area (Å²) in [5.41, 5.74) is 3.46. The Bertz CT molecular complexity index is 1160. The van der Waals surface area contributed by atoms with E-state index in [4.69, 9.17) is 9.15 Å². The average molecular weight is 421 g/mol. The molecule has 3 aromatic rings. The third-order valence-corrected chi connectivity index (χ3v) is 5.91. The van der Waals surface area contributed by atoms with Crippen LogP contribution in [0.25, 0.3) is 11.0 Å². The summed E-state index contributed by atoms with van der Waals surface area (Å²) < 4.78 is 11.6. The first-order valence-corrected chi connectivity index (χ1v) is 10.5. The number of amides is 1. The molecule has 1 aromatic carbocycles. The van der Waals surface area contributed by atoms with E-state index in [0.29, 0.717) is 30.0 Å². The van der Waals surface area contributed by atoms with Gasteiger partial charge in [0.2, 0.25) is 0 Å². The molecule has 3 heterocycles. The predicted molar refractivity (Wildman–Crippen MR) is 120 cm³/mol. The summed E-state index contributed by atoms with van der Waals surface area (Å²) in [6, 6.07) is 7.65. The van der Waals surface area contributed by atoms with Gasteiger partial charge in [0.25, 0.3) is 5.91 Å². The van der Waals surface area contributed by atoms with E-state index >= 15 is 0 Å². The van der Waals surface area contributed by atoms with Crippen molar-refractivity contribution in [3.8, 4) is 5.75 Å². The summed E-state index contributed by atoms with van der Waals surface area (Å²) in [4.78, 5) is 33.4. The number of rotatable bonds is 4. The van der Waals surface area contributed by atoms with E-state index in [2.05, 4.69) is 9.88 Å². The summed E-state index contributed by atoms with van der Waals surface area (Å²) in [7, 11) is 0. The van der Waals surface area contributed by atoms with Crippen LogP contribution in [0.15, 0.2) is 45.9 Å². The van der Waals surface area contributed by atoms with Crippen molar-refractivity contribution in [3.05, 3.63) is 63.8 Å². The zero-order chi connectivity index (χ0) is 22.1. The first kappa shape index (κ1) is 20.9. The standard InChI is InChI=1S/C24H27N3O4/c1-15-12-20(22-16(2)17(3)24(29)31-21(22)13-15)30-18(4)23(28)27-10-8-26(9-11-27)19-6-5-7-25-14-19/h5-7,12-14,18H,8-11H2,1-4H3. The lowest BCUT2D eigenvalue weighted by atomic mass is 10.0. The fourth-order valence-corrected chi connectivity index (χ4v) is 4.00. The quantitative estimate of drug-likeness (QED) is 0.602. The van der Waals surface area contributed by atoms with Gasteiger partial charge in [-0.15, -0.1) is 0 Å². The number of nitrogens with zero attached hydrogens (tertiary/aromatic N) is 3. The molecule has 0 aliphatic carbocycles. The summed E-state index contributed by atoms with van der Waals surface area (Å²) >= 11 is 0. The maximum Gasteiger partial charge on any atom is 0.339 e. The van der Waals surface area contributed by atoms with Gasteiger partial charge in [-0.2, -0.15) is 0 Å². The topological polar surface area (TPSA) is 75.9 Å². The minimum absolute atomic E-state index is 0.0488. The van der Waals surface area contributed by atoms with Crippen molar-refractivity contribution in [1.82, 2.24) is 9.88 Å². The van der Waals surface area contributed by atoms with Crippen LogP contribution in [-0.4, -0.2) is 48.1 Å². The van der Waals surface area contributed by atoms with E-state index in [9.17, 15) is 9.59 Å². The Kier molecular flexibility index (Phi) is 5.67. The number of hydrogen-bond donors (Lipinski definition) is 0. The van der Waals surface area contributed by atoms with Gasteiger partial charge in [0.05, 0.1) is 17.3 Å². The third kappa shape index (κ3) is 4.13. The van der Waals surface area contributed by atoms with Gasteiger partial charge in [0.1, 0.15) is 11.3 Å². The Balaban J connectivity index is 1.50. The van der Waals surface area contributed by atoms with E-state index in [1.165, 1.54) is 0 Å². The van der Waals surface area contributed by atoms with Gasteiger partial charge in [-0.3, -0.25) is 9.78 Å². The summed E-state index contributed by atoms with van der Waals surface area (Å²) in [6.45, 7) is 10.0. The minimum atomic E-state index is -0.651. The van der Waals surface area contributed by atoms with Crippen LogP contribution in [0.4, 0.5) is 5.69 Å². The number of aryl methyl sites for hydroxylation is 2. The Morgan fingerprint density at radius 2 is 1.87 bits per heavy atom. The second-order valence-corrected chi connectivity index (χ2v) is 8.06. The molecule has 162 valence electrons. The molecule has 0 bridgehead atoms. The van der Waals surface area contributed by atoms with E-state index in [-0.39, 0.29) is 11.5 Å². The van der Waals surface area contributed by atoms with Crippen molar-refractivity contribution < 1.29 is 13.9 Å². The first-order chi connectivity index (χ1) is 14.8. The Morgan fingerprint density at radius 3 is 2.55 bits per heavy atom. The number of hydrogen-bond acceptors (Lipinski definition) is 6. The molecule has 7 nitrogen and oxygen atoms in total. The molecule has 0 radical (unpaired) electrons. The minimum Gasteiger partial charge on any atom is -0.480 e. The van der Waals surface area contributed by atoms with Crippen LogP contribution >= 0.6 is 0 Å². The Hall–Kier alpha value is -3.35. The van der Waals surface area contributed by atoms with Gasteiger partial charge in [-0.25, -0.2) is 4.79 Å². The van der Waals surface area contributed by atoms with Crippen molar-refractivity contribution in [2.75, 3.05) is 31.1 Å². The number of ether oxygens (including phenoxy) is 1. The molecule has 1 saturated heterocycles. The SMILES string of the molecule is Cc1cc(OC(C)C(=O)N2CCN(c3cccnc3)CC2)c2c(C)c(C)c(=O)oc2c1. The number of benzene rings is 1. The van der Waals surface area contributed by atoms with Gasteiger partial charge >= 0.3 is 5.63 Å². The number of fused-ring (bicyclic) bond motifs is 1. The lowest BCUT2D eigenvalue weighted by Crippen LogP contribution is -2.52. The Labute approximate surface area is 181 Å². The molecule has 0 saturated carbocycles. The molecule has 0 N–H and O–H groups in total. The van der Waals surface area contributed by atoms with Crippen molar-refractivity contribution in [3.63, 3.8) is 0 Å². The second-order valence-electron chi connectivity index (χ2n) is 8.06. The van der Waals surface area contributed by atoms with Crippen LogP contribution in [0, 0.1) is 20.8 Å². The molecule has 31 heavy (non-hydrogen) atoms. The maximum absolute atomic E-state index is 13.1. The van der Waals surface area contributed by atoms with Gasteiger partial charge in [0.15, 0.2) is 6.10 Å². The predicted octanol–water partition coefficient (Wildman–Crippen LogP) is 3.23. The number of pyridine rings is 1. The fraction of sp³-hybridized carbons (Fsp3) is 0.375. The highest BCUT2D eigenvalue weighted by atomic mass is 16.5. The number of aromatic nitrogens is 1. The molecule has 1 aliphatic heterocycles. The number of carbonyl (C=O) groups excluding carboxylic acids is 1. The van der Waals surface area contributed by atoms with Crippen LogP contribution in [-0.2, 0) is 4.79 Å². The molecule has 7 heteroatoms. The molecule has 1 unspecified atom stereocenters. The third-order valence-electron chi connectivity index (χ3n) is 5.91. The largest absolute Gasteiger partial charge is 0.480 e. The molecular formula is C24H27N3O4. The monoisotopic (exact) mass is 421 g/mol. The molecule has 1 amide bonds. The summed E-state index contributed by atoms with van der Waals surface area (Å²) in [6.07, 6.45) is 2.95. The van der Waals surface area contributed by atoms with E-state index in [0.717, 1.165) is 35.3 Å². The highest BCUT2D eigenvalue weighted by Gasteiger charge is 2.27. The summed E-state index contributed by atoms with van der Waals surface area (Å²) in [5, 5.41) is 0.740. The highest BCUT2D eigenvalue weighted by molar-refractivity contribution is 5.89. The maximum atomic E-state index is 13.1. The lowest BCUT2D eigenvalue weighted by molar-refractivity contribution is -0.138. The molecule has 2 aromatic heterocycles. The van der Waals surface area contributed by atoms with Crippen molar-refractivity contribution >= 4 is 22.6 Å². The fourth-order valence-electron chi connectivity index (χ4n) is 4.00. The van der Waals surface area contributed by atoms with Crippen LogP contribution in [0.1, 0.15) is 23.6 Å². The van der Waals surface area contributed by atoms with Crippen molar-refractivity contribution in [2.45, 2.75) is 33.8 Å². The normalized spacial score (nSPS) is 15.2. The smallest absolute Gasteiger partial charge is 0.339 e. The van der Waals surface area contributed by atoms with Crippen LogP contribution in [0.3, 0.4) is 0 Å². The number of carbonyl (C=O) groups is 1. The molecule has 1 aliphatic rings. The molecular weight excluding hydrogens is 394 g/mol. The van der Waals surface area contributed by atoms with Gasteiger partial charge in [-0.1, -0.05) is 0 Å². The zero-order valence-electron chi connectivity index (χ0n) is 18.3. The van der Waals surface area contributed by atoms with Gasteiger partial charge in [-0.05, 0) is 63.1 Å². The van der Waals surface area contributed by atoms with Crippen molar-refractivity contribution in [1.29, 1.82) is 0 Å². The molecule has 1 atom stereocenters. The van der Waals surface area contributed by atoms with E-state index in [1.807, 2.05) is 49.2 Å². The van der Waals surface area contributed by atoms with Gasteiger partial charge in [0, 0.05) is 37.9 Å². The lowest BCUT2D eigenvalue weighted by Gasteiger charge is -2.37. The van der Waals surface area contributed by atoms with Crippen molar-refractivity contribution in [2.24, 2.45) is 0 Å². The van der Waals surface area contributed by atoms with Gasteiger partial charge < -0.3 is 19.0 Å². The highest BCUT2D eigenvalue weighted by Crippen LogP contribution is 2.31. The van der Waals surface area contributed by atoms with Crippen LogP contribution in [0.5, 0.6) is 5.75 Å². The molecule has 1 fully saturated rings. The van der Waals surface area contributed by atoms with Crippen LogP contribution in [0.2, 0.25) is 0 Å². The number of piperazine rings is 1. The van der Waals surface area contributed by atoms with Crippen LogP contribution < -0.4 is 15.3 Å². The molecule has 4 rings (SSSR count). The second kappa shape index (κ2) is 8.41.